The van der Waals surface area contributed by atoms with Gasteiger partial charge < -0.3 is 0 Å². The Morgan fingerprint density at radius 2 is 0.419 bits per heavy atom. The van der Waals surface area contributed by atoms with Crippen LogP contribution in [0, 0.1) is 0 Å². The average Bonchev–Trinajstić information content (AvgIpc) is 1.58. The van der Waals surface area contributed by atoms with Gasteiger partial charge in [-0.2, -0.15) is 0 Å². The van der Waals surface area contributed by atoms with Crippen molar-refractivity contribution in [3.63, 3.8) is 0 Å². The van der Waals surface area contributed by atoms with Gasteiger partial charge >= 0.3 is 0 Å². The van der Waals surface area contributed by atoms with Gasteiger partial charge in [0.05, 0.1) is 50.7 Å². The monoisotopic (exact) mass is 1700 g/mol. The SMILES string of the molecule is c1ccc(-c2cc(-c3nc4c5ccccc5c5c6ccccc6sc5c4c4ccccc34)cc(-c3ccccc3)n2)cc1.c1ccc(-c2cc(-c3nc4c5ccccc5c5c6ccccc6sc5c4c4ccccc34)nc(-c3ccccc3)n2)cc1.c1ccc2c(c1)sc1c2c2ccccc2c2nc(-c3nc(-c4ccncc4)nc(-c4ccncc4)n3)c3ccccc3c21. The van der Waals surface area contributed by atoms with Gasteiger partial charge in [0.1, 0.15) is 5.69 Å². The topological polar surface area (TPSA) is 142 Å². The Morgan fingerprint density at radius 3 is 0.806 bits per heavy atom. The van der Waals surface area contributed by atoms with E-state index in [0.717, 1.165) is 133 Å². The number of hydrogen-bond acceptors (Lipinski definition) is 14. The van der Waals surface area contributed by atoms with Crippen molar-refractivity contribution in [3.8, 4) is 102 Å². The molecule has 0 radical (unpaired) electrons. The van der Waals surface area contributed by atoms with Crippen molar-refractivity contribution < 1.29 is 0 Å². The molecular formula is C115H67N11S3. The van der Waals surface area contributed by atoms with Gasteiger partial charge in [0.15, 0.2) is 23.3 Å². The molecule has 0 N–H and O–H groups in total. The summed E-state index contributed by atoms with van der Waals surface area (Å²) in [5.74, 6) is 2.34. The fourth-order valence-corrected chi connectivity index (χ4v) is 22.6. The van der Waals surface area contributed by atoms with E-state index in [1.54, 1.807) is 24.8 Å². The molecule has 11 heterocycles. The van der Waals surface area contributed by atoms with Crippen LogP contribution in [0.5, 0.6) is 0 Å². The Bertz CT molecular complexity index is 8180. The van der Waals surface area contributed by atoms with Crippen LogP contribution < -0.4 is 0 Å². The summed E-state index contributed by atoms with van der Waals surface area (Å²) in [5.41, 5.74) is 16.1. The molecule has 600 valence electrons. The van der Waals surface area contributed by atoms with E-state index in [1.807, 2.05) is 107 Å². The van der Waals surface area contributed by atoms with Crippen LogP contribution in [-0.2, 0) is 0 Å². The first-order chi connectivity index (χ1) is 64.0. The zero-order valence-electron chi connectivity index (χ0n) is 68.8. The van der Waals surface area contributed by atoms with E-state index in [-0.39, 0.29) is 0 Å². The van der Waals surface area contributed by atoms with Crippen molar-refractivity contribution in [3.05, 3.63) is 407 Å². The van der Waals surface area contributed by atoms with Crippen LogP contribution in [0.25, 0.3) is 260 Å². The van der Waals surface area contributed by atoms with Gasteiger partial charge in [-0.25, -0.2) is 44.9 Å². The third-order valence-corrected chi connectivity index (χ3v) is 28.2. The van der Waals surface area contributed by atoms with Crippen LogP contribution in [0.2, 0.25) is 0 Å². The summed E-state index contributed by atoms with van der Waals surface area (Å²) in [5, 5.41) is 25.3. The van der Waals surface area contributed by atoms with Crippen molar-refractivity contribution in [1.29, 1.82) is 0 Å². The number of rotatable bonds is 9. The Hall–Kier alpha value is -16.5. The van der Waals surface area contributed by atoms with E-state index >= 15 is 0 Å². The molecule has 0 aliphatic carbocycles. The predicted octanol–water partition coefficient (Wildman–Crippen LogP) is 30.9. The lowest BCUT2D eigenvalue weighted by Crippen LogP contribution is -2.02. The molecule has 0 aliphatic rings. The maximum atomic E-state index is 5.57. The van der Waals surface area contributed by atoms with Crippen molar-refractivity contribution in [2.75, 3.05) is 0 Å². The average molecular weight is 1700 g/mol. The zero-order chi connectivity index (χ0) is 85.0. The van der Waals surface area contributed by atoms with Gasteiger partial charge in [0.2, 0.25) is 0 Å². The van der Waals surface area contributed by atoms with Gasteiger partial charge in [-0.15, -0.1) is 34.0 Å². The van der Waals surface area contributed by atoms with Crippen molar-refractivity contribution in [2.45, 2.75) is 0 Å². The van der Waals surface area contributed by atoms with E-state index in [0.29, 0.717) is 23.3 Å². The van der Waals surface area contributed by atoms with Gasteiger partial charge in [-0.3, -0.25) is 9.97 Å². The number of benzene rings is 16. The molecule has 0 atom stereocenters. The second-order valence-electron chi connectivity index (χ2n) is 32.1. The Balaban J connectivity index is 0.000000105. The molecule has 0 spiro atoms. The fraction of sp³-hybridized carbons (Fsp3) is 0. The quantitative estimate of drug-likeness (QED) is 0.127. The number of thiophene rings is 3. The first kappa shape index (κ1) is 75.1. The number of hydrogen-bond donors (Lipinski definition) is 0. The van der Waals surface area contributed by atoms with Crippen molar-refractivity contribution in [1.82, 2.24) is 54.8 Å². The summed E-state index contributed by atoms with van der Waals surface area (Å²) in [6.45, 7) is 0. The Morgan fingerprint density at radius 1 is 0.155 bits per heavy atom. The molecule has 0 fully saturated rings. The molecule has 0 amide bonds. The van der Waals surface area contributed by atoms with Crippen LogP contribution in [-0.4, -0.2) is 54.8 Å². The van der Waals surface area contributed by atoms with E-state index in [4.69, 9.17) is 44.9 Å². The molecule has 11 aromatic heterocycles. The Kier molecular flexibility index (Phi) is 18.2. The second-order valence-corrected chi connectivity index (χ2v) is 35.2. The molecule has 0 unspecified atom stereocenters. The summed E-state index contributed by atoms with van der Waals surface area (Å²) in [4.78, 5) is 55.1. The number of fused-ring (bicyclic) bond motifs is 30. The molecule has 14 heteroatoms. The van der Waals surface area contributed by atoms with Crippen LogP contribution >= 0.6 is 34.0 Å². The zero-order valence-corrected chi connectivity index (χ0v) is 71.3. The fourth-order valence-electron chi connectivity index (χ4n) is 18.8. The highest BCUT2D eigenvalue weighted by Gasteiger charge is 2.27. The molecule has 0 aliphatic heterocycles. The van der Waals surface area contributed by atoms with Crippen molar-refractivity contribution in [2.24, 2.45) is 0 Å². The first-order valence-electron chi connectivity index (χ1n) is 42.8. The van der Waals surface area contributed by atoms with Crippen LogP contribution in [0.3, 0.4) is 0 Å². The van der Waals surface area contributed by atoms with Crippen molar-refractivity contribution >= 4 is 192 Å². The minimum absolute atomic E-state index is 0.521. The minimum atomic E-state index is 0.521. The molecule has 0 bridgehead atoms. The molecule has 27 rings (SSSR count). The van der Waals surface area contributed by atoms with E-state index in [9.17, 15) is 0 Å². The third kappa shape index (κ3) is 12.9. The normalized spacial score (nSPS) is 11.7. The summed E-state index contributed by atoms with van der Waals surface area (Å²) in [6, 6.07) is 134. The summed E-state index contributed by atoms with van der Waals surface area (Å²) < 4.78 is 7.69. The Labute approximate surface area is 750 Å². The summed E-state index contributed by atoms with van der Waals surface area (Å²) in [7, 11) is 0. The van der Waals surface area contributed by atoms with Gasteiger partial charge in [-0.1, -0.05) is 322 Å². The number of nitrogens with zero attached hydrogens (tertiary/aromatic N) is 11. The number of aromatic nitrogens is 11. The second kappa shape index (κ2) is 31.3. The van der Waals surface area contributed by atoms with E-state index in [2.05, 4.69) is 319 Å². The first-order valence-corrected chi connectivity index (χ1v) is 45.3. The molecule has 0 saturated carbocycles. The molecule has 27 aromatic rings. The lowest BCUT2D eigenvalue weighted by molar-refractivity contribution is 1.06. The lowest BCUT2D eigenvalue weighted by atomic mass is 9.94. The summed E-state index contributed by atoms with van der Waals surface area (Å²) >= 11 is 5.56. The minimum Gasteiger partial charge on any atom is -0.265 e. The summed E-state index contributed by atoms with van der Waals surface area (Å²) in [6.07, 6.45) is 6.99. The third-order valence-electron chi connectivity index (χ3n) is 24.6. The highest BCUT2D eigenvalue weighted by Crippen LogP contribution is 2.52. The van der Waals surface area contributed by atoms with Crippen LogP contribution in [0.1, 0.15) is 0 Å². The maximum Gasteiger partial charge on any atom is 0.183 e. The molecular weight excluding hydrogens is 1630 g/mol. The molecule has 11 nitrogen and oxygen atoms in total. The lowest BCUT2D eigenvalue weighted by Gasteiger charge is -2.15. The highest BCUT2D eigenvalue weighted by atomic mass is 32.1. The van der Waals surface area contributed by atoms with Crippen LogP contribution in [0.15, 0.2) is 407 Å². The van der Waals surface area contributed by atoms with Crippen LogP contribution in [0.4, 0.5) is 0 Å². The smallest absolute Gasteiger partial charge is 0.183 e. The van der Waals surface area contributed by atoms with Gasteiger partial charge in [0, 0.05) is 173 Å². The highest BCUT2D eigenvalue weighted by molar-refractivity contribution is 7.28. The van der Waals surface area contributed by atoms with Gasteiger partial charge in [0.25, 0.3) is 0 Å². The maximum absolute atomic E-state index is 5.57. The van der Waals surface area contributed by atoms with E-state index < -0.39 is 0 Å². The molecule has 129 heavy (non-hydrogen) atoms. The number of pyridine rings is 6. The van der Waals surface area contributed by atoms with E-state index in [1.165, 1.54) is 104 Å². The largest absolute Gasteiger partial charge is 0.265 e. The molecule has 0 saturated heterocycles. The molecule has 16 aromatic carbocycles. The van der Waals surface area contributed by atoms with Gasteiger partial charge in [-0.05, 0) is 93.0 Å². The standard InChI is InChI=1S/C40H24N2S.C39H23N3S.C36H20N6S/c1-3-13-25(14-4-1)33-23-27(24-34(41-33)26-15-5-2-6-16-26)38-30-19-9-8-18-29(30)37-39(42-38)31-20-10-7-17-28(31)36-32-21-11-12-22-35(32)43-40(36)37;1-3-13-24(14-4-1)31-23-32(41-39(40-31)25-15-5-2-6-16-25)36-28-19-9-8-18-27(28)35-37(42-36)29-20-10-7-17-26(29)34-30-21-11-12-22-33(30)43-38(34)35;1-3-9-25-23(7-1)29-27-11-5-6-12-28(27)43-33(29)30-24-8-2-4-10-26(24)32(39-31(25)30)36-41-34(21-13-17-37-18-14-21)40-35(42-36)22-15-19-38-20-16-22/h1-24H;1-23H;1-20H. The predicted molar refractivity (Wildman–Crippen MR) is 540 cm³/mol.